The molecule has 0 amide bonds. The number of nitrogens with one attached hydrogen (secondary N) is 1. The highest BCUT2D eigenvalue weighted by Crippen LogP contribution is 2.18. The van der Waals surface area contributed by atoms with Gasteiger partial charge in [0.05, 0.1) is 6.04 Å². The summed E-state index contributed by atoms with van der Waals surface area (Å²) in [7, 11) is -3.38. The number of nitrogens with zero attached hydrogens (tertiary/aromatic N) is 2. The van der Waals surface area contributed by atoms with Crippen LogP contribution in [0.15, 0.2) is 29.4 Å². The van der Waals surface area contributed by atoms with Crippen LogP contribution in [-0.4, -0.2) is 43.4 Å². The van der Waals surface area contributed by atoms with Crippen LogP contribution in [-0.2, 0) is 10.0 Å². The summed E-state index contributed by atoms with van der Waals surface area (Å²) < 4.78 is 26.0. The van der Waals surface area contributed by atoms with Gasteiger partial charge in [0.1, 0.15) is 4.90 Å². The van der Waals surface area contributed by atoms with Crippen molar-refractivity contribution in [2.24, 2.45) is 0 Å². The van der Waals surface area contributed by atoms with E-state index >= 15 is 0 Å². The Labute approximate surface area is 95.5 Å². The maximum atomic E-state index is 12.3. The Hall–Kier alpha value is -0.980. The Bertz CT molecular complexity index is 442. The fourth-order valence-corrected chi connectivity index (χ4v) is 3.33. The lowest BCUT2D eigenvalue weighted by Gasteiger charge is -2.36. The van der Waals surface area contributed by atoms with Gasteiger partial charge in [0.25, 0.3) is 0 Å². The average Bonchev–Trinajstić information content (AvgIpc) is 2.24. The van der Waals surface area contributed by atoms with Crippen LogP contribution in [0.1, 0.15) is 6.92 Å². The van der Waals surface area contributed by atoms with Crippen molar-refractivity contribution >= 4 is 10.0 Å². The lowest BCUT2D eigenvalue weighted by atomic mass is 10.2. The molecule has 1 aromatic heterocycles. The molecule has 1 N–H and O–H groups in total. The predicted octanol–water partition coefficient (Wildman–Crippen LogP) is 0.0640. The molecule has 2 rings (SSSR count). The Balaban J connectivity index is 2.30. The van der Waals surface area contributed by atoms with Gasteiger partial charge in [-0.1, -0.05) is 6.92 Å². The molecule has 0 atom stereocenters. The van der Waals surface area contributed by atoms with Crippen molar-refractivity contribution in [1.82, 2.24) is 14.6 Å². The minimum absolute atomic E-state index is 0.0789. The number of hydrogen-bond acceptors (Lipinski definition) is 4. The van der Waals surface area contributed by atoms with Crippen LogP contribution < -0.4 is 5.32 Å². The zero-order valence-corrected chi connectivity index (χ0v) is 9.94. The summed E-state index contributed by atoms with van der Waals surface area (Å²) in [5.74, 6) is 0. The fourth-order valence-electron chi connectivity index (χ4n) is 1.74. The van der Waals surface area contributed by atoms with Gasteiger partial charge in [0, 0.05) is 32.0 Å². The number of hydrogen-bond donors (Lipinski definition) is 1. The van der Waals surface area contributed by atoms with Gasteiger partial charge in [-0.2, -0.15) is 4.31 Å². The third-order valence-electron chi connectivity index (χ3n) is 2.72. The van der Waals surface area contributed by atoms with Crippen LogP contribution in [0.5, 0.6) is 0 Å². The molecule has 1 aromatic rings. The molecule has 0 spiro atoms. The van der Waals surface area contributed by atoms with E-state index in [4.69, 9.17) is 0 Å². The quantitative estimate of drug-likeness (QED) is 0.810. The molecule has 0 radical (unpaired) electrons. The Morgan fingerprint density at radius 3 is 2.75 bits per heavy atom. The summed E-state index contributed by atoms with van der Waals surface area (Å²) in [6, 6.07) is 3.30. The highest BCUT2D eigenvalue weighted by atomic mass is 32.2. The molecule has 0 unspecified atom stereocenters. The Kier molecular flexibility index (Phi) is 3.22. The Morgan fingerprint density at radius 2 is 2.31 bits per heavy atom. The number of likely N-dealkylation sites (N-methyl/N-ethyl adjacent to an activating group) is 1. The van der Waals surface area contributed by atoms with E-state index < -0.39 is 10.0 Å². The lowest BCUT2D eigenvalue weighted by molar-refractivity contribution is 0.249. The van der Waals surface area contributed by atoms with Gasteiger partial charge in [-0.25, -0.2) is 8.42 Å². The minimum Gasteiger partial charge on any atom is -0.313 e. The van der Waals surface area contributed by atoms with Gasteiger partial charge in [-0.05, 0) is 12.1 Å². The molecule has 1 aliphatic rings. The van der Waals surface area contributed by atoms with Crippen molar-refractivity contribution in [3.8, 4) is 0 Å². The molecule has 16 heavy (non-hydrogen) atoms. The number of pyridine rings is 1. The van der Waals surface area contributed by atoms with Gasteiger partial charge < -0.3 is 5.32 Å². The first-order chi connectivity index (χ1) is 7.66. The molecule has 0 aliphatic carbocycles. The second-order valence-corrected chi connectivity index (χ2v) is 5.60. The number of sulfonamides is 1. The standard InChI is InChI=1S/C10H15N3O2S/c1-2-13(9-6-12-7-9)16(14,15)10-4-3-5-11-8-10/h3-5,8-9,12H,2,6-7H2,1H3. The van der Waals surface area contributed by atoms with E-state index in [1.54, 1.807) is 18.3 Å². The first-order valence-electron chi connectivity index (χ1n) is 5.29. The largest absolute Gasteiger partial charge is 0.313 e. The molecule has 0 aromatic carbocycles. The van der Waals surface area contributed by atoms with Crippen LogP contribution in [0.2, 0.25) is 0 Å². The first-order valence-corrected chi connectivity index (χ1v) is 6.73. The fraction of sp³-hybridized carbons (Fsp3) is 0.500. The summed E-state index contributed by atoms with van der Waals surface area (Å²) in [6.07, 6.45) is 2.96. The van der Waals surface area contributed by atoms with E-state index in [2.05, 4.69) is 10.3 Å². The normalized spacial score (nSPS) is 17.4. The maximum absolute atomic E-state index is 12.3. The SMILES string of the molecule is CCN(C1CNC1)S(=O)(=O)c1cccnc1. The van der Waals surface area contributed by atoms with E-state index in [0.29, 0.717) is 6.54 Å². The lowest BCUT2D eigenvalue weighted by Crippen LogP contribution is -2.58. The second kappa shape index (κ2) is 4.48. The van der Waals surface area contributed by atoms with E-state index in [-0.39, 0.29) is 10.9 Å². The van der Waals surface area contributed by atoms with Crippen LogP contribution in [0.3, 0.4) is 0 Å². The summed E-state index contributed by atoms with van der Waals surface area (Å²) >= 11 is 0. The van der Waals surface area contributed by atoms with Crippen molar-refractivity contribution in [3.05, 3.63) is 24.5 Å². The van der Waals surface area contributed by atoms with Gasteiger partial charge in [0.2, 0.25) is 10.0 Å². The van der Waals surface area contributed by atoms with Crippen LogP contribution >= 0.6 is 0 Å². The zero-order valence-electron chi connectivity index (χ0n) is 9.13. The van der Waals surface area contributed by atoms with Crippen LogP contribution in [0, 0.1) is 0 Å². The summed E-state index contributed by atoms with van der Waals surface area (Å²) in [5.41, 5.74) is 0. The highest BCUT2D eigenvalue weighted by Gasteiger charge is 2.33. The minimum atomic E-state index is -3.38. The molecular formula is C10H15N3O2S. The molecule has 1 fully saturated rings. The molecule has 1 aliphatic heterocycles. The van der Waals surface area contributed by atoms with Crippen LogP contribution in [0.25, 0.3) is 0 Å². The van der Waals surface area contributed by atoms with Crippen molar-refractivity contribution < 1.29 is 8.42 Å². The van der Waals surface area contributed by atoms with E-state index in [0.717, 1.165) is 13.1 Å². The van der Waals surface area contributed by atoms with E-state index in [9.17, 15) is 8.42 Å². The molecule has 5 nitrogen and oxygen atoms in total. The molecule has 1 saturated heterocycles. The molecule has 2 heterocycles. The van der Waals surface area contributed by atoms with Gasteiger partial charge >= 0.3 is 0 Å². The summed E-state index contributed by atoms with van der Waals surface area (Å²) in [4.78, 5) is 4.12. The van der Waals surface area contributed by atoms with Gasteiger partial charge in [0.15, 0.2) is 0 Å². The van der Waals surface area contributed by atoms with Crippen molar-refractivity contribution in [1.29, 1.82) is 0 Å². The van der Waals surface area contributed by atoms with Gasteiger partial charge in [-0.15, -0.1) is 0 Å². The highest BCUT2D eigenvalue weighted by molar-refractivity contribution is 7.89. The van der Waals surface area contributed by atoms with E-state index in [1.807, 2.05) is 6.92 Å². The van der Waals surface area contributed by atoms with Crippen LogP contribution in [0.4, 0.5) is 0 Å². The van der Waals surface area contributed by atoms with E-state index in [1.165, 1.54) is 10.5 Å². The molecule has 0 bridgehead atoms. The third-order valence-corrected chi connectivity index (χ3v) is 4.73. The third kappa shape index (κ3) is 1.95. The van der Waals surface area contributed by atoms with Crippen molar-refractivity contribution in [3.63, 3.8) is 0 Å². The predicted molar refractivity (Wildman–Crippen MR) is 60.5 cm³/mol. The zero-order chi connectivity index (χ0) is 11.6. The number of aromatic nitrogens is 1. The topological polar surface area (TPSA) is 62.3 Å². The monoisotopic (exact) mass is 241 g/mol. The van der Waals surface area contributed by atoms with Crippen molar-refractivity contribution in [2.75, 3.05) is 19.6 Å². The summed E-state index contributed by atoms with van der Waals surface area (Å²) in [5, 5.41) is 3.08. The maximum Gasteiger partial charge on any atom is 0.244 e. The Morgan fingerprint density at radius 1 is 1.56 bits per heavy atom. The first kappa shape index (κ1) is 11.5. The molecule has 6 heteroatoms. The smallest absolute Gasteiger partial charge is 0.244 e. The van der Waals surface area contributed by atoms with Crippen molar-refractivity contribution in [2.45, 2.75) is 17.9 Å². The molecule has 88 valence electrons. The number of rotatable bonds is 4. The molecular weight excluding hydrogens is 226 g/mol. The summed E-state index contributed by atoms with van der Waals surface area (Å²) in [6.45, 7) is 3.80. The van der Waals surface area contributed by atoms with Gasteiger partial charge in [-0.3, -0.25) is 4.98 Å². The average molecular weight is 241 g/mol. The second-order valence-electron chi connectivity index (χ2n) is 3.71. The molecule has 0 saturated carbocycles.